The lowest BCUT2D eigenvalue weighted by molar-refractivity contribution is -0.144. The van der Waals surface area contributed by atoms with E-state index in [0.717, 1.165) is 33.3 Å². The van der Waals surface area contributed by atoms with Crippen LogP contribution in [-0.2, 0) is 22.6 Å². The van der Waals surface area contributed by atoms with Crippen LogP contribution in [0.2, 0.25) is 0 Å². The molecule has 28 heavy (non-hydrogen) atoms. The van der Waals surface area contributed by atoms with E-state index in [2.05, 4.69) is 15.1 Å². The molecule has 2 heterocycles. The van der Waals surface area contributed by atoms with Gasteiger partial charge in [0.2, 0.25) is 5.95 Å². The summed E-state index contributed by atoms with van der Waals surface area (Å²) in [6, 6.07) is 14.1. The van der Waals surface area contributed by atoms with E-state index < -0.39 is 0 Å². The van der Waals surface area contributed by atoms with Crippen molar-refractivity contribution in [1.82, 2.24) is 19.6 Å². The quantitative estimate of drug-likeness (QED) is 0.538. The summed E-state index contributed by atoms with van der Waals surface area (Å²) in [5.74, 6) is 0.404. The molecule has 0 spiro atoms. The highest BCUT2D eigenvalue weighted by Gasteiger charge is 2.14. The topological polar surface area (TPSA) is 95.4 Å². The fourth-order valence-corrected chi connectivity index (χ4v) is 3.46. The SMILES string of the molecule is Cc1nc2nc(N)nn2c(C)c1CCC(=O)OCc1cccc2ccccc12. The van der Waals surface area contributed by atoms with Crippen molar-refractivity contribution in [2.45, 2.75) is 33.3 Å². The number of ether oxygens (including phenoxy) is 1. The number of aromatic nitrogens is 4. The summed E-state index contributed by atoms with van der Waals surface area (Å²) in [5.41, 5.74) is 9.32. The summed E-state index contributed by atoms with van der Waals surface area (Å²) in [4.78, 5) is 20.8. The van der Waals surface area contributed by atoms with Crippen molar-refractivity contribution in [1.29, 1.82) is 0 Å². The number of esters is 1. The molecule has 0 aliphatic heterocycles. The van der Waals surface area contributed by atoms with Crippen LogP contribution >= 0.6 is 0 Å². The van der Waals surface area contributed by atoms with Gasteiger partial charge < -0.3 is 10.5 Å². The zero-order valence-electron chi connectivity index (χ0n) is 15.8. The Hall–Kier alpha value is -3.48. The molecule has 7 heteroatoms. The van der Waals surface area contributed by atoms with Gasteiger partial charge in [-0.25, -0.2) is 4.98 Å². The zero-order chi connectivity index (χ0) is 19.7. The first kappa shape index (κ1) is 17.9. The molecule has 0 saturated carbocycles. The highest BCUT2D eigenvalue weighted by molar-refractivity contribution is 5.85. The smallest absolute Gasteiger partial charge is 0.306 e. The number of benzene rings is 2. The summed E-state index contributed by atoms with van der Waals surface area (Å²) < 4.78 is 7.13. The molecular weight excluding hydrogens is 354 g/mol. The maximum atomic E-state index is 12.3. The first-order valence-corrected chi connectivity index (χ1v) is 9.13. The normalized spacial score (nSPS) is 11.2. The lowest BCUT2D eigenvalue weighted by Gasteiger charge is -2.11. The van der Waals surface area contributed by atoms with Crippen molar-refractivity contribution < 1.29 is 9.53 Å². The Balaban J connectivity index is 1.44. The molecule has 4 aromatic rings. The average molecular weight is 375 g/mol. The van der Waals surface area contributed by atoms with Crippen LogP contribution in [0.15, 0.2) is 42.5 Å². The van der Waals surface area contributed by atoms with Crippen molar-refractivity contribution >= 4 is 28.5 Å². The number of aryl methyl sites for hydroxylation is 2. The standard InChI is InChI=1S/C21H21N5O2/c1-13-17(14(2)26-21(23-13)24-20(22)25-26)10-11-19(27)28-12-16-8-5-7-15-6-3-4-9-18(15)16/h3-9H,10-12H2,1-2H3,(H2,22,25). The molecule has 0 fully saturated rings. The predicted octanol–water partition coefficient (Wildman–Crippen LogP) is 3.15. The minimum atomic E-state index is -0.245. The maximum Gasteiger partial charge on any atom is 0.306 e. The van der Waals surface area contributed by atoms with Gasteiger partial charge in [0.1, 0.15) is 6.61 Å². The van der Waals surface area contributed by atoms with Gasteiger partial charge >= 0.3 is 5.97 Å². The van der Waals surface area contributed by atoms with Gasteiger partial charge in [-0.05, 0) is 42.2 Å². The summed E-state index contributed by atoms with van der Waals surface area (Å²) in [6.45, 7) is 4.08. The molecule has 2 aromatic heterocycles. The van der Waals surface area contributed by atoms with Crippen LogP contribution in [0.4, 0.5) is 5.95 Å². The highest BCUT2D eigenvalue weighted by Crippen LogP contribution is 2.20. The summed E-state index contributed by atoms with van der Waals surface area (Å²) in [6.07, 6.45) is 0.790. The molecule has 7 nitrogen and oxygen atoms in total. The van der Waals surface area contributed by atoms with Gasteiger partial charge in [-0.1, -0.05) is 42.5 Å². The Morgan fingerprint density at radius 3 is 2.75 bits per heavy atom. The van der Waals surface area contributed by atoms with Crippen LogP contribution in [0.25, 0.3) is 16.6 Å². The molecule has 2 N–H and O–H groups in total. The largest absolute Gasteiger partial charge is 0.461 e. The van der Waals surface area contributed by atoms with E-state index in [1.807, 2.05) is 56.3 Å². The molecule has 0 amide bonds. The van der Waals surface area contributed by atoms with Crippen LogP contribution in [0, 0.1) is 13.8 Å². The van der Waals surface area contributed by atoms with Crippen LogP contribution in [-0.4, -0.2) is 25.6 Å². The Kier molecular flexibility index (Phi) is 4.65. The molecule has 4 rings (SSSR count). The van der Waals surface area contributed by atoms with Gasteiger partial charge in [-0.15, -0.1) is 5.10 Å². The fraction of sp³-hybridized carbons (Fsp3) is 0.238. The summed E-state index contributed by atoms with van der Waals surface area (Å²) >= 11 is 0. The van der Waals surface area contributed by atoms with Gasteiger partial charge in [0.05, 0.1) is 0 Å². The van der Waals surface area contributed by atoms with E-state index in [4.69, 9.17) is 10.5 Å². The fourth-order valence-electron chi connectivity index (χ4n) is 3.46. The van der Waals surface area contributed by atoms with E-state index in [1.54, 1.807) is 4.52 Å². The van der Waals surface area contributed by atoms with Crippen molar-refractivity contribution in [2.75, 3.05) is 5.73 Å². The molecule has 0 bridgehead atoms. The van der Waals surface area contributed by atoms with Crippen molar-refractivity contribution in [3.05, 3.63) is 65.0 Å². The maximum absolute atomic E-state index is 12.3. The monoisotopic (exact) mass is 375 g/mol. The minimum Gasteiger partial charge on any atom is -0.461 e. The third kappa shape index (κ3) is 3.38. The third-order valence-electron chi connectivity index (χ3n) is 4.91. The van der Waals surface area contributed by atoms with E-state index >= 15 is 0 Å². The van der Waals surface area contributed by atoms with Crippen molar-refractivity contribution in [3.8, 4) is 0 Å². The zero-order valence-corrected chi connectivity index (χ0v) is 15.8. The first-order valence-electron chi connectivity index (χ1n) is 9.13. The van der Waals surface area contributed by atoms with Gasteiger partial charge in [0.15, 0.2) is 0 Å². The second-order valence-electron chi connectivity index (χ2n) is 6.74. The Morgan fingerprint density at radius 1 is 1.11 bits per heavy atom. The van der Waals surface area contributed by atoms with Gasteiger partial charge in [-0.3, -0.25) is 4.79 Å². The predicted molar refractivity (Wildman–Crippen MR) is 107 cm³/mol. The van der Waals surface area contributed by atoms with Crippen LogP contribution in [0.5, 0.6) is 0 Å². The minimum absolute atomic E-state index is 0.182. The number of nitrogens with two attached hydrogens (primary N) is 1. The van der Waals surface area contributed by atoms with Gasteiger partial charge in [0.25, 0.3) is 5.78 Å². The average Bonchev–Trinajstić information content (AvgIpc) is 3.06. The van der Waals surface area contributed by atoms with Crippen molar-refractivity contribution in [2.24, 2.45) is 0 Å². The first-order chi connectivity index (χ1) is 13.5. The number of anilines is 1. The molecule has 0 radical (unpaired) electrons. The van der Waals surface area contributed by atoms with Crippen LogP contribution in [0.1, 0.15) is 28.9 Å². The van der Waals surface area contributed by atoms with Gasteiger partial charge in [0, 0.05) is 17.8 Å². The second kappa shape index (κ2) is 7.26. The molecule has 0 unspecified atom stereocenters. The van der Waals surface area contributed by atoms with E-state index in [0.29, 0.717) is 12.2 Å². The Bertz CT molecular complexity index is 1180. The number of fused-ring (bicyclic) bond motifs is 2. The molecule has 2 aromatic carbocycles. The van der Waals surface area contributed by atoms with Crippen LogP contribution in [0.3, 0.4) is 0 Å². The number of hydrogen-bond donors (Lipinski definition) is 1. The van der Waals surface area contributed by atoms with E-state index in [-0.39, 0.29) is 24.9 Å². The number of nitrogens with zero attached hydrogens (tertiary/aromatic N) is 4. The van der Waals surface area contributed by atoms with Crippen molar-refractivity contribution in [3.63, 3.8) is 0 Å². The number of nitrogen functional groups attached to an aromatic ring is 1. The molecule has 0 atom stereocenters. The van der Waals surface area contributed by atoms with E-state index in [1.165, 1.54) is 0 Å². The summed E-state index contributed by atoms with van der Waals surface area (Å²) in [5, 5.41) is 6.38. The lowest BCUT2D eigenvalue weighted by Crippen LogP contribution is -2.10. The Morgan fingerprint density at radius 2 is 1.89 bits per heavy atom. The van der Waals surface area contributed by atoms with E-state index in [9.17, 15) is 4.79 Å². The number of hydrogen-bond acceptors (Lipinski definition) is 6. The number of carbonyl (C=O) groups is 1. The molecule has 142 valence electrons. The number of carbonyl (C=O) groups excluding carboxylic acids is 1. The highest BCUT2D eigenvalue weighted by atomic mass is 16.5. The molecule has 0 aliphatic carbocycles. The number of rotatable bonds is 5. The van der Waals surface area contributed by atoms with Crippen LogP contribution < -0.4 is 5.73 Å². The molecular formula is C21H21N5O2. The second-order valence-corrected chi connectivity index (χ2v) is 6.74. The molecule has 0 aliphatic rings. The molecule has 0 saturated heterocycles. The van der Waals surface area contributed by atoms with Gasteiger partial charge in [-0.2, -0.15) is 9.50 Å². The summed E-state index contributed by atoms with van der Waals surface area (Å²) in [7, 11) is 0. The Labute approximate surface area is 162 Å². The third-order valence-corrected chi connectivity index (χ3v) is 4.91. The lowest BCUT2D eigenvalue weighted by atomic mass is 10.1.